The maximum Gasteiger partial charge on any atom is 0.405 e. The van der Waals surface area contributed by atoms with Crippen LogP contribution >= 0.6 is 0 Å². The molecule has 1 unspecified atom stereocenters. The van der Waals surface area contributed by atoms with Gasteiger partial charge in [0.2, 0.25) is 0 Å². The number of carbonyl (C=O) groups excluding carboxylic acids is 2. The minimum Gasteiger partial charge on any atom is -0.432 e. The third-order valence-electron chi connectivity index (χ3n) is 5.78. The van der Waals surface area contributed by atoms with Gasteiger partial charge in [0.25, 0.3) is 5.91 Å². The van der Waals surface area contributed by atoms with Crippen LogP contribution < -0.4 is 16.4 Å². The average molecular weight is 464 g/mol. The van der Waals surface area contributed by atoms with Crippen LogP contribution in [0.25, 0.3) is 32.2 Å². The van der Waals surface area contributed by atoms with Crippen molar-refractivity contribution in [2.75, 3.05) is 25.0 Å². The summed E-state index contributed by atoms with van der Waals surface area (Å²) in [5, 5.41) is 11.5. The highest BCUT2D eigenvalue weighted by Gasteiger charge is 2.51. The van der Waals surface area contributed by atoms with Gasteiger partial charge in [0.05, 0.1) is 16.7 Å². The van der Waals surface area contributed by atoms with Crippen LogP contribution in [0.4, 0.5) is 10.5 Å². The van der Waals surface area contributed by atoms with Crippen molar-refractivity contribution in [2.24, 2.45) is 16.3 Å². The molecule has 34 heavy (non-hydrogen) atoms. The molecule has 2 amide bonds. The van der Waals surface area contributed by atoms with E-state index in [9.17, 15) is 9.59 Å². The minimum atomic E-state index is -1.55. The fraction of sp³-hybridized carbons (Fsp3) is 0.375. The van der Waals surface area contributed by atoms with E-state index in [4.69, 9.17) is 21.0 Å². The van der Waals surface area contributed by atoms with Crippen LogP contribution in [0.15, 0.2) is 53.6 Å². The quantitative estimate of drug-likeness (QED) is 0.140. The predicted octanol–water partition coefficient (Wildman–Crippen LogP) is 4.50. The van der Waals surface area contributed by atoms with Crippen molar-refractivity contribution in [1.29, 1.82) is 0 Å². The number of primary amides is 1. The Morgan fingerprint density at radius 3 is 2.18 bits per heavy atom. The highest BCUT2D eigenvalue weighted by atomic mass is 16.6. The molecule has 0 aliphatic rings. The first-order valence-electron chi connectivity index (χ1n) is 11.0. The topological polar surface area (TPSA) is 155 Å². The third-order valence-corrected chi connectivity index (χ3v) is 5.78. The van der Waals surface area contributed by atoms with Crippen LogP contribution in [0, 0.1) is 5.41 Å². The Labute approximate surface area is 197 Å². The van der Waals surface area contributed by atoms with E-state index >= 15 is 0 Å². The monoisotopic (exact) mass is 463 g/mol. The molecule has 0 saturated heterocycles. The summed E-state index contributed by atoms with van der Waals surface area (Å²) in [5.74, 6) is -0.502. The number of nitrogens with zero attached hydrogens (tertiary/aromatic N) is 4. The Kier molecular flexibility index (Phi) is 7.43. The molecule has 0 spiro atoms. The summed E-state index contributed by atoms with van der Waals surface area (Å²) in [5.41, 5.74) is 14.1. The molecule has 178 valence electrons. The second-order valence-corrected chi connectivity index (χ2v) is 8.91. The number of ether oxygens (including phenoxy) is 1. The van der Waals surface area contributed by atoms with Crippen LogP contribution in [-0.2, 0) is 9.53 Å². The smallest absolute Gasteiger partial charge is 0.405 e. The largest absolute Gasteiger partial charge is 0.432 e. The van der Waals surface area contributed by atoms with Gasteiger partial charge in [-0.15, -0.1) is 0 Å². The SMILES string of the molecule is CC(C)(C)C(CCNc1c2ccccc2nc2ccccc12)(OC(N)=O)C(=O)NCCN=[N+]=[N-]. The lowest BCUT2D eigenvalue weighted by Gasteiger charge is -2.42. The summed E-state index contributed by atoms with van der Waals surface area (Å²) >= 11 is 0. The molecule has 3 rings (SSSR count). The van der Waals surface area contributed by atoms with Crippen molar-refractivity contribution in [3.8, 4) is 0 Å². The van der Waals surface area contributed by atoms with Crippen molar-refractivity contribution >= 4 is 39.5 Å². The van der Waals surface area contributed by atoms with Crippen LogP contribution in [0.1, 0.15) is 27.2 Å². The number of anilines is 1. The Balaban J connectivity index is 1.93. The average Bonchev–Trinajstić information content (AvgIpc) is 2.79. The Hall–Kier alpha value is -4.04. The lowest BCUT2D eigenvalue weighted by Crippen LogP contribution is -2.59. The fourth-order valence-electron chi connectivity index (χ4n) is 4.05. The van der Waals surface area contributed by atoms with Crippen LogP contribution in [-0.4, -0.2) is 42.2 Å². The van der Waals surface area contributed by atoms with Crippen LogP contribution in [0.3, 0.4) is 0 Å². The molecule has 2 aromatic carbocycles. The molecule has 10 nitrogen and oxygen atoms in total. The number of para-hydroxylation sites is 2. The summed E-state index contributed by atoms with van der Waals surface area (Å²) in [6, 6.07) is 15.6. The van der Waals surface area contributed by atoms with E-state index in [0.717, 1.165) is 27.5 Å². The molecule has 0 fully saturated rings. The predicted molar refractivity (Wildman–Crippen MR) is 132 cm³/mol. The molecule has 1 aromatic heterocycles. The second kappa shape index (κ2) is 10.3. The molecule has 3 aromatic rings. The number of amides is 2. The fourth-order valence-corrected chi connectivity index (χ4v) is 4.05. The van der Waals surface area contributed by atoms with Crippen molar-refractivity contribution in [3.63, 3.8) is 0 Å². The zero-order chi connectivity index (χ0) is 24.8. The summed E-state index contributed by atoms with van der Waals surface area (Å²) in [7, 11) is 0. The minimum absolute atomic E-state index is 0.0757. The molecule has 0 saturated carbocycles. The molecule has 0 radical (unpaired) electrons. The summed E-state index contributed by atoms with van der Waals surface area (Å²) in [6.07, 6.45) is -0.891. The number of pyridine rings is 1. The number of nitrogens with two attached hydrogens (primary N) is 1. The molecule has 4 N–H and O–H groups in total. The molecule has 0 bridgehead atoms. The number of benzene rings is 2. The van der Waals surface area contributed by atoms with Gasteiger partial charge in [-0.3, -0.25) is 4.79 Å². The van der Waals surface area contributed by atoms with Gasteiger partial charge < -0.3 is 21.1 Å². The Morgan fingerprint density at radius 1 is 1.06 bits per heavy atom. The van der Waals surface area contributed by atoms with Gasteiger partial charge in [-0.05, 0) is 17.7 Å². The molecular weight excluding hydrogens is 434 g/mol. The number of rotatable bonds is 9. The second-order valence-electron chi connectivity index (χ2n) is 8.91. The molecular formula is C24H29N7O3. The standard InChI is InChI=1S/C24H29N7O3/c1-23(2,3)24(34-22(25)33,21(32)28-14-15-29-31-26)12-13-27-20-16-8-4-6-10-18(16)30-19-11-7-5-9-17(19)20/h4-11H,12-15H2,1-3H3,(H2,25,33)(H,27,30)(H,28,32). The zero-order valence-corrected chi connectivity index (χ0v) is 19.5. The first-order chi connectivity index (χ1) is 16.2. The summed E-state index contributed by atoms with van der Waals surface area (Å²) in [4.78, 5) is 32.5. The maximum absolute atomic E-state index is 13.3. The highest BCUT2D eigenvalue weighted by Crippen LogP contribution is 2.38. The maximum atomic E-state index is 13.3. The van der Waals surface area contributed by atoms with Gasteiger partial charge in [-0.25, -0.2) is 9.78 Å². The van der Waals surface area contributed by atoms with E-state index in [0.29, 0.717) is 6.54 Å². The van der Waals surface area contributed by atoms with Gasteiger partial charge in [0.15, 0.2) is 5.60 Å². The molecule has 1 heterocycles. The van der Waals surface area contributed by atoms with E-state index in [1.807, 2.05) is 48.5 Å². The number of hydrogen-bond donors (Lipinski definition) is 3. The molecule has 10 heteroatoms. The molecule has 1 atom stereocenters. The summed E-state index contributed by atoms with van der Waals surface area (Å²) in [6.45, 7) is 5.91. The van der Waals surface area contributed by atoms with Crippen molar-refractivity contribution in [1.82, 2.24) is 10.3 Å². The van der Waals surface area contributed by atoms with E-state index in [1.165, 1.54) is 0 Å². The van der Waals surface area contributed by atoms with E-state index in [2.05, 4.69) is 20.7 Å². The van der Waals surface area contributed by atoms with Gasteiger partial charge in [0.1, 0.15) is 0 Å². The molecule has 0 aliphatic heterocycles. The number of carbonyl (C=O) groups is 2. The lowest BCUT2D eigenvalue weighted by molar-refractivity contribution is -0.152. The van der Waals surface area contributed by atoms with Gasteiger partial charge in [0, 0.05) is 47.2 Å². The Morgan fingerprint density at radius 2 is 1.65 bits per heavy atom. The van der Waals surface area contributed by atoms with Gasteiger partial charge in [-0.1, -0.05) is 62.3 Å². The summed E-state index contributed by atoms with van der Waals surface area (Å²) < 4.78 is 5.51. The lowest BCUT2D eigenvalue weighted by atomic mass is 9.73. The number of azide groups is 1. The van der Waals surface area contributed by atoms with E-state index in [-0.39, 0.29) is 19.5 Å². The van der Waals surface area contributed by atoms with Crippen LogP contribution in [0.2, 0.25) is 0 Å². The zero-order valence-electron chi connectivity index (χ0n) is 19.5. The number of aromatic nitrogens is 1. The Bertz CT molecular complexity index is 1190. The van der Waals surface area contributed by atoms with Crippen molar-refractivity contribution < 1.29 is 14.3 Å². The normalized spacial score (nSPS) is 13.0. The first kappa shape index (κ1) is 24.6. The number of fused-ring (bicyclic) bond motifs is 2. The number of nitrogens with one attached hydrogen (secondary N) is 2. The van der Waals surface area contributed by atoms with Crippen LogP contribution in [0.5, 0.6) is 0 Å². The molecule has 0 aliphatic carbocycles. The third kappa shape index (κ3) is 5.13. The first-order valence-corrected chi connectivity index (χ1v) is 11.0. The van der Waals surface area contributed by atoms with Crippen molar-refractivity contribution in [3.05, 3.63) is 59.0 Å². The number of hydrogen-bond acceptors (Lipinski definition) is 6. The van der Waals surface area contributed by atoms with E-state index < -0.39 is 23.0 Å². The van der Waals surface area contributed by atoms with Gasteiger partial charge >= 0.3 is 6.09 Å². The van der Waals surface area contributed by atoms with Gasteiger partial charge in [-0.2, -0.15) is 0 Å². The highest BCUT2D eigenvalue weighted by molar-refractivity contribution is 6.07. The van der Waals surface area contributed by atoms with Crippen molar-refractivity contribution in [2.45, 2.75) is 32.8 Å². The van der Waals surface area contributed by atoms with E-state index in [1.54, 1.807) is 20.8 Å².